The number of ether oxygens (including phenoxy) is 2. The number of rotatable bonds is 2. The Bertz CT molecular complexity index is 125. The Labute approximate surface area is 61.4 Å². The lowest BCUT2D eigenvalue weighted by molar-refractivity contribution is -0.142. The minimum absolute atomic E-state index is 0.0393. The van der Waals surface area contributed by atoms with Crippen LogP contribution in [-0.4, -0.2) is 30.6 Å². The summed E-state index contributed by atoms with van der Waals surface area (Å²) in [6.07, 6.45) is -0.271. The van der Waals surface area contributed by atoms with Gasteiger partial charge in [-0.1, -0.05) is 15.9 Å². The van der Waals surface area contributed by atoms with Gasteiger partial charge in [0.25, 0.3) is 0 Å². The second kappa shape index (κ2) is 2.66. The first-order valence-corrected chi connectivity index (χ1v) is 3.71. The summed E-state index contributed by atoms with van der Waals surface area (Å²) in [6.45, 7) is 0. The molecule has 4 heteroatoms. The van der Waals surface area contributed by atoms with Gasteiger partial charge < -0.3 is 9.47 Å². The highest BCUT2D eigenvalue weighted by Gasteiger charge is 2.44. The SMILES string of the molecule is COC(=O)C1OC1CBr. The second-order valence-corrected chi connectivity index (χ2v) is 2.42. The van der Waals surface area contributed by atoms with E-state index < -0.39 is 0 Å². The van der Waals surface area contributed by atoms with Crippen LogP contribution in [-0.2, 0) is 14.3 Å². The van der Waals surface area contributed by atoms with Crippen LogP contribution in [0.15, 0.2) is 0 Å². The summed E-state index contributed by atoms with van der Waals surface area (Å²) in [4.78, 5) is 10.6. The third kappa shape index (κ3) is 1.43. The highest BCUT2D eigenvalue weighted by molar-refractivity contribution is 9.09. The first-order valence-electron chi connectivity index (χ1n) is 2.59. The van der Waals surface area contributed by atoms with Crippen molar-refractivity contribution in [3.05, 3.63) is 0 Å². The summed E-state index contributed by atoms with van der Waals surface area (Å²) in [5, 5.41) is 0.701. The molecule has 0 aromatic heterocycles. The van der Waals surface area contributed by atoms with Crippen molar-refractivity contribution >= 4 is 21.9 Å². The smallest absolute Gasteiger partial charge is 0.337 e. The van der Waals surface area contributed by atoms with Crippen LogP contribution < -0.4 is 0 Å². The van der Waals surface area contributed by atoms with E-state index in [0.29, 0.717) is 5.33 Å². The van der Waals surface area contributed by atoms with Gasteiger partial charge in [-0.25, -0.2) is 4.79 Å². The van der Waals surface area contributed by atoms with Gasteiger partial charge in [0.2, 0.25) is 0 Å². The van der Waals surface area contributed by atoms with Crippen molar-refractivity contribution in [2.75, 3.05) is 12.4 Å². The van der Waals surface area contributed by atoms with E-state index in [1.807, 2.05) is 0 Å². The molecule has 0 N–H and O–H groups in total. The first kappa shape index (κ1) is 7.02. The molecule has 9 heavy (non-hydrogen) atoms. The lowest BCUT2D eigenvalue weighted by Crippen LogP contribution is -2.11. The van der Waals surface area contributed by atoms with E-state index in [9.17, 15) is 4.79 Å². The maximum Gasteiger partial charge on any atom is 0.337 e. The molecule has 1 saturated heterocycles. The zero-order valence-corrected chi connectivity index (χ0v) is 6.55. The van der Waals surface area contributed by atoms with Crippen LogP contribution in [0.2, 0.25) is 0 Å². The maximum absolute atomic E-state index is 10.6. The molecule has 2 unspecified atom stereocenters. The molecular weight excluding hydrogens is 188 g/mol. The average Bonchev–Trinajstić information content (AvgIpc) is 2.64. The minimum Gasteiger partial charge on any atom is -0.467 e. The van der Waals surface area contributed by atoms with Gasteiger partial charge in [-0.3, -0.25) is 0 Å². The summed E-state index contributed by atoms with van der Waals surface area (Å²) < 4.78 is 9.32. The van der Waals surface area contributed by atoms with E-state index in [2.05, 4.69) is 20.7 Å². The van der Waals surface area contributed by atoms with Crippen molar-refractivity contribution in [2.24, 2.45) is 0 Å². The van der Waals surface area contributed by atoms with E-state index in [4.69, 9.17) is 4.74 Å². The highest BCUT2D eigenvalue weighted by Crippen LogP contribution is 2.24. The quantitative estimate of drug-likeness (QED) is 0.362. The van der Waals surface area contributed by atoms with Crippen LogP contribution >= 0.6 is 15.9 Å². The predicted octanol–water partition coefficient (Wildman–Crippen LogP) is 0.322. The molecule has 0 aromatic rings. The summed E-state index contributed by atoms with van der Waals surface area (Å²) in [5.74, 6) is -0.278. The van der Waals surface area contributed by atoms with Crippen LogP contribution in [0.25, 0.3) is 0 Å². The number of alkyl halides is 1. The van der Waals surface area contributed by atoms with Crippen LogP contribution in [0.5, 0.6) is 0 Å². The van der Waals surface area contributed by atoms with Crippen molar-refractivity contribution in [2.45, 2.75) is 12.2 Å². The van der Waals surface area contributed by atoms with Gasteiger partial charge in [-0.15, -0.1) is 0 Å². The van der Waals surface area contributed by atoms with Crippen molar-refractivity contribution in [1.29, 1.82) is 0 Å². The fourth-order valence-corrected chi connectivity index (χ4v) is 1.08. The van der Waals surface area contributed by atoms with Crippen LogP contribution in [0.3, 0.4) is 0 Å². The van der Waals surface area contributed by atoms with Crippen molar-refractivity contribution in [3.63, 3.8) is 0 Å². The van der Waals surface area contributed by atoms with Gasteiger partial charge in [0, 0.05) is 5.33 Å². The van der Waals surface area contributed by atoms with E-state index in [1.54, 1.807) is 0 Å². The Balaban J connectivity index is 2.25. The van der Waals surface area contributed by atoms with Crippen molar-refractivity contribution in [3.8, 4) is 0 Å². The summed E-state index contributed by atoms with van der Waals surface area (Å²) in [7, 11) is 1.36. The number of epoxide rings is 1. The Morgan fingerprint density at radius 3 is 2.89 bits per heavy atom. The van der Waals surface area contributed by atoms with Gasteiger partial charge >= 0.3 is 5.97 Å². The van der Waals surface area contributed by atoms with Crippen LogP contribution in [0.1, 0.15) is 0 Å². The fourth-order valence-electron chi connectivity index (χ4n) is 0.584. The van der Waals surface area contributed by atoms with Gasteiger partial charge in [0.1, 0.15) is 6.10 Å². The molecular formula is C5H7BrO3. The summed E-state index contributed by atoms with van der Waals surface area (Å²) in [5.41, 5.74) is 0. The van der Waals surface area contributed by atoms with Gasteiger partial charge in [-0.05, 0) is 0 Å². The minimum atomic E-state index is -0.311. The molecule has 0 spiro atoms. The Kier molecular flexibility index (Phi) is 2.08. The van der Waals surface area contributed by atoms with Crippen molar-refractivity contribution < 1.29 is 14.3 Å². The summed E-state index contributed by atoms with van der Waals surface area (Å²) >= 11 is 3.18. The van der Waals surface area contributed by atoms with E-state index in [-0.39, 0.29) is 18.2 Å². The standard InChI is InChI=1S/C5H7BrO3/c1-8-5(7)4-3(2-6)9-4/h3-4H,2H2,1H3. The van der Waals surface area contributed by atoms with Gasteiger partial charge in [0.05, 0.1) is 7.11 Å². The number of halogens is 1. The molecule has 1 aliphatic heterocycles. The molecule has 1 heterocycles. The maximum atomic E-state index is 10.6. The lowest BCUT2D eigenvalue weighted by Gasteiger charge is -1.89. The zero-order chi connectivity index (χ0) is 6.85. The normalized spacial score (nSPS) is 31.8. The Morgan fingerprint density at radius 2 is 2.56 bits per heavy atom. The molecule has 0 bridgehead atoms. The molecule has 3 nitrogen and oxygen atoms in total. The molecule has 2 atom stereocenters. The number of carbonyl (C=O) groups is 1. The first-order chi connectivity index (χ1) is 4.29. The molecule has 1 aliphatic rings. The predicted molar refractivity (Wildman–Crippen MR) is 34.5 cm³/mol. The molecule has 0 aliphatic carbocycles. The number of hydrogen-bond donors (Lipinski definition) is 0. The number of methoxy groups -OCH3 is 1. The third-order valence-corrected chi connectivity index (χ3v) is 1.81. The molecule has 1 fully saturated rings. The monoisotopic (exact) mass is 194 g/mol. The molecule has 0 saturated carbocycles. The largest absolute Gasteiger partial charge is 0.467 e. The average molecular weight is 195 g/mol. The molecule has 52 valence electrons. The molecule has 1 rings (SSSR count). The zero-order valence-electron chi connectivity index (χ0n) is 4.96. The van der Waals surface area contributed by atoms with E-state index in [0.717, 1.165) is 0 Å². The number of hydrogen-bond acceptors (Lipinski definition) is 3. The van der Waals surface area contributed by atoms with Crippen molar-refractivity contribution in [1.82, 2.24) is 0 Å². The third-order valence-electron chi connectivity index (χ3n) is 1.17. The van der Waals surface area contributed by atoms with E-state index in [1.165, 1.54) is 7.11 Å². The highest BCUT2D eigenvalue weighted by atomic mass is 79.9. The van der Waals surface area contributed by atoms with E-state index >= 15 is 0 Å². The molecule has 0 radical (unpaired) electrons. The Hall–Kier alpha value is -0.0900. The van der Waals surface area contributed by atoms with Crippen LogP contribution in [0, 0.1) is 0 Å². The Morgan fingerprint density at radius 1 is 1.89 bits per heavy atom. The second-order valence-electron chi connectivity index (χ2n) is 1.77. The van der Waals surface area contributed by atoms with Gasteiger partial charge in [0.15, 0.2) is 6.10 Å². The molecule has 0 amide bonds. The van der Waals surface area contributed by atoms with Crippen LogP contribution in [0.4, 0.5) is 0 Å². The number of esters is 1. The lowest BCUT2D eigenvalue weighted by atomic mass is 10.3. The topological polar surface area (TPSA) is 38.8 Å². The molecule has 0 aromatic carbocycles. The van der Waals surface area contributed by atoms with Gasteiger partial charge in [-0.2, -0.15) is 0 Å². The number of carbonyl (C=O) groups excluding carboxylic acids is 1. The summed E-state index contributed by atoms with van der Waals surface area (Å²) in [6, 6.07) is 0. The fraction of sp³-hybridized carbons (Fsp3) is 0.800.